The van der Waals surface area contributed by atoms with Crippen molar-refractivity contribution in [3.63, 3.8) is 0 Å². The van der Waals surface area contributed by atoms with E-state index in [0.717, 1.165) is 25.7 Å². The second kappa shape index (κ2) is 5.80. The predicted octanol–water partition coefficient (Wildman–Crippen LogP) is 2.35. The molecular weight excluding hydrogens is 224 g/mol. The van der Waals surface area contributed by atoms with Crippen LogP contribution in [0.5, 0.6) is 0 Å². The molecule has 16 heavy (non-hydrogen) atoms. The highest BCUT2D eigenvalue weighted by atomic mass is 32.2. The molecule has 1 unspecified atom stereocenters. The number of hydrogen-bond donors (Lipinski definition) is 0. The van der Waals surface area contributed by atoms with Crippen LogP contribution in [0, 0.1) is 5.92 Å². The standard InChI is InChI=1S/C12H22O3S/c1-10(2)6-5-7-11(13)12-8-3-4-9-16(12,14)15/h10,12H,3-9H2,1-2H3. The molecule has 4 heteroatoms. The van der Waals surface area contributed by atoms with Crippen LogP contribution >= 0.6 is 0 Å². The first kappa shape index (κ1) is 13.7. The molecule has 1 saturated heterocycles. The van der Waals surface area contributed by atoms with Gasteiger partial charge in [-0.25, -0.2) is 8.42 Å². The summed E-state index contributed by atoms with van der Waals surface area (Å²) in [5.74, 6) is 0.726. The summed E-state index contributed by atoms with van der Waals surface area (Å²) >= 11 is 0. The molecular formula is C12H22O3S. The molecule has 1 aliphatic heterocycles. The molecule has 1 heterocycles. The fraction of sp³-hybridized carbons (Fsp3) is 0.917. The molecule has 0 radical (unpaired) electrons. The van der Waals surface area contributed by atoms with Gasteiger partial charge in [-0.15, -0.1) is 0 Å². The number of carbonyl (C=O) groups is 1. The number of ketones is 1. The van der Waals surface area contributed by atoms with Crippen molar-refractivity contribution in [1.29, 1.82) is 0 Å². The molecule has 0 aromatic rings. The van der Waals surface area contributed by atoms with E-state index in [4.69, 9.17) is 0 Å². The van der Waals surface area contributed by atoms with Gasteiger partial charge in [0, 0.05) is 6.42 Å². The highest BCUT2D eigenvalue weighted by molar-refractivity contribution is 7.92. The minimum Gasteiger partial charge on any atom is -0.298 e. The van der Waals surface area contributed by atoms with Crippen molar-refractivity contribution < 1.29 is 13.2 Å². The Labute approximate surface area is 98.5 Å². The summed E-state index contributed by atoms with van der Waals surface area (Å²) < 4.78 is 23.4. The zero-order valence-corrected chi connectivity index (χ0v) is 11.1. The topological polar surface area (TPSA) is 51.2 Å². The first-order valence-electron chi connectivity index (χ1n) is 6.18. The zero-order valence-electron chi connectivity index (χ0n) is 10.2. The van der Waals surface area contributed by atoms with Crippen LogP contribution in [0.2, 0.25) is 0 Å². The maximum atomic E-state index is 11.8. The van der Waals surface area contributed by atoms with Crippen LogP contribution in [0.3, 0.4) is 0 Å². The minimum absolute atomic E-state index is 0.0552. The largest absolute Gasteiger partial charge is 0.298 e. The Morgan fingerprint density at radius 1 is 1.31 bits per heavy atom. The van der Waals surface area contributed by atoms with Gasteiger partial charge in [-0.1, -0.05) is 26.7 Å². The third-order valence-electron chi connectivity index (χ3n) is 3.14. The van der Waals surface area contributed by atoms with Gasteiger partial charge in [-0.3, -0.25) is 4.79 Å². The van der Waals surface area contributed by atoms with E-state index < -0.39 is 15.1 Å². The molecule has 1 rings (SSSR count). The highest BCUT2D eigenvalue weighted by Gasteiger charge is 2.33. The van der Waals surface area contributed by atoms with Gasteiger partial charge in [-0.2, -0.15) is 0 Å². The van der Waals surface area contributed by atoms with Gasteiger partial charge in [0.05, 0.1) is 5.75 Å². The number of hydrogen-bond acceptors (Lipinski definition) is 3. The van der Waals surface area contributed by atoms with Crippen LogP contribution in [0.25, 0.3) is 0 Å². The van der Waals surface area contributed by atoms with Crippen LogP contribution in [0.15, 0.2) is 0 Å². The van der Waals surface area contributed by atoms with Crippen molar-refractivity contribution in [3.05, 3.63) is 0 Å². The maximum absolute atomic E-state index is 11.8. The summed E-state index contributed by atoms with van der Waals surface area (Å²) in [6.07, 6.45) is 4.39. The molecule has 0 aliphatic carbocycles. The fourth-order valence-corrected chi connectivity index (χ4v) is 4.10. The fourth-order valence-electron chi connectivity index (χ4n) is 2.16. The predicted molar refractivity (Wildman–Crippen MR) is 65.1 cm³/mol. The summed E-state index contributed by atoms with van der Waals surface area (Å²) in [5.41, 5.74) is 0. The SMILES string of the molecule is CC(C)CCCC(=O)C1CCCCS1(=O)=O. The van der Waals surface area contributed by atoms with E-state index in [0.29, 0.717) is 18.8 Å². The Kier molecular flexibility index (Phi) is 4.96. The lowest BCUT2D eigenvalue weighted by Crippen LogP contribution is -2.35. The van der Waals surface area contributed by atoms with E-state index >= 15 is 0 Å². The second-order valence-electron chi connectivity index (χ2n) is 5.10. The summed E-state index contributed by atoms with van der Waals surface area (Å²) in [6, 6.07) is 0. The van der Waals surface area contributed by atoms with E-state index in [1.165, 1.54) is 0 Å². The summed E-state index contributed by atoms with van der Waals surface area (Å²) in [7, 11) is -3.12. The van der Waals surface area contributed by atoms with Crippen molar-refractivity contribution in [3.8, 4) is 0 Å². The first-order valence-corrected chi connectivity index (χ1v) is 7.89. The zero-order chi connectivity index (χ0) is 12.2. The van der Waals surface area contributed by atoms with Gasteiger partial charge in [0.2, 0.25) is 0 Å². The molecule has 0 aromatic heterocycles. The van der Waals surface area contributed by atoms with Crippen LogP contribution in [0.4, 0.5) is 0 Å². The van der Waals surface area contributed by atoms with Crippen LogP contribution in [0.1, 0.15) is 52.4 Å². The number of Topliss-reactive ketones (excluding diaryl/α,β-unsaturated/α-hetero) is 1. The number of rotatable bonds is 5. The van der Waals surface area contributed by atoms with Gasteiger partial charge < -0.3 is 0 Å². The van der Waals surface area contributed by atoms with E-state index in [1.807, 2.05) is 0 Å². The van der Waals surface area contributed by atoms with Gasteiger partial charge in [0.15, 0.2) is 15.6 Å². The smallest absolute Gasteiger partial charge is 0.160 e. The number of carbonyl (C=O) groups excluding carboxylic acids is 1. The van der Waals surface area contributed by atoms with E-state index in [1.54, 1.807) is 0 Å². The summed E-state index contributed by atoms with van der Waals surface area (Å²) in [4.78, 5) is 11.8. The Bertz CT molecular complexity index is 330. The minimum atomic E-state index is -3.12. The lowest BCUT2D eigenvalue weighted by molar-refractivity contribution is -0.119. The molecule has 0 aromatic carbocycles. The van der Waals surface area contributed by atoms with Crippen LogP contribution in [-0.4, -0.2) is 25.2 Å². The first-order chi connectivity index (χ1) is 7.43. The van der Waals surface area contributed by atoms with Crippen LogP contribution < -0.4 is 0 Å². The van der Waals surface area contributed by atoms with Crippen molar-refractivity contribution in [1.82, 2.24) is 0 Å². The Balaban J connectivity index is 2.46. The molecule has 0 bridgehead atoms. The van der Waals surface area contributed by atoms with Crippen molar-refractivity contribution in [2.45, 2.75) is 57.6 Å². The van der Waals surface area contributed by atoms with E-state index in [2.05, 4.69) is 13.8 Å². The monoisotopic (exact) mass is 246 g/mol. The van der Waals surface area contributed by atoms with Crippen molar-refractivity contribution in [2.75, 3.05) is 5.75 Å². The lowest BCUT2D eigenvalue weighted by Gasteiger charge is -2.21. The van der Waals surface area contributed by atoms with Gasteiger partial charge >= 0.3 is 0 Å². The van der Waals surface area contributed by atoms with Gasteiger partial charge in [0.1, 0.15) is 5.25 Å². The van der Waals surface area contributed by atoms with Gasteiger partial charge in [0.25, 0.3) is 0 Å². The summed E-state index contributed by atoms with van der Waals surface area (Å²) in [5, 5.41) is -0.687. The quantitative estimate of drug-likeness (QED) is 0.748. The second-order valence-corrected chi connectivity index (χ2v) is 7.41. The van der Waals surface area contributed by atoms with E-state index in [9.17, 15) is 13.2 Å². The Morgan fingerprint density at radius 3 is 2.56 bits per heavy atom. The van der Waals surface area contributed by atoms with Crippen LogP contribution in [-0.2, 0) is 14.6 Å². The molecule has 1 atom stereocenters. The molecule has 1 aliphatic rings. The maximum Gasteiger partial charge on any atom is 0.160 e. The molecule has 0 spiro atoms. The molecule has 0 amide bonds. The molecule has 94 valence electrons. The normalized spacial score (nSPS) is 24.6. The average molecular weight is 246 g/mol. The highest BCUT2D eigenvalue weighted by Crippen LogP contribution is 2.22. The molecule has 0 saturated carbocycles. The lowest BCUT2D eigenvalue weighted by atomic mass is 10.0. The molecule has 0 N–H and O–H groups in total. The Morgan fingerprint density at radius 2 is 2.00 bits per heavy atom. The number of sulfone groups is 1. The van der Waals surface area contributed by atoms with Crippen molar-refractivity contribution >= 4 is 15.6 Å². The Hall–Kier alpha value is -0.380. The third kappa shape index (κ3) is 3.89. The van der Waals surface area contributed by atoms with E-state index in [-0.39, 0.29) is 11.5 Å². The molecule has 3 nitrogen and oxygen atoms in total. The summed E-state index contributed by atoms with van der Waals surface area (Å²) in [6.45, 7) is 4.23. The third-order valence-corrected chi connectivity index (χ3v) is 5.37. The molecule has 1 fully saturated rings. The van der Waals surface area contributed by atoms with Gasteiger partial charge in [-0.05, 0) is 25.2 Å². The van der Waals surface area contributed by atoms with Crippen molar-refractivity contribution in [2.24, 2.45) is 5.92 Å². The average Bonchev–Trinajstić information content (AvgIpc) is 2.16.